The van der Waals surface area contributed by atoms with Crippen molar-refractivity contribution >= 4 is 0 Å². The molecule has 3 nitrogen and oxygen atoms in total. The Labute approximate surface area is 95.3 Å². The Balaban J connectivity index is 1.89. The standard InChI is InChI=1S/C13H16N2O/c16-9-7-13-10-14-15(11-13)8-6-12-4-2-1-3-5-12/h1-5,10-11,16H,6-9H2. The van der Waals surface area contributed by atoms with Crippen molar-refractivity contribution < 1.29 is 5.11 Å². The molecule has 0 amide bonds. The van der Waals surface area contributed by atoms with Crippen LogP contribution in [0, 0.1) is 0 Å². The van der Waals surface area contributed by atoms with Gasteiger partial charge in [-0.05, 0) is 24.0 Å². The van der Waals surface area contributed by atoms with Crippen LogP contribution >= 0.6 is 0 Å². The molecule has 1 heterocycles. The molecule has 2 rings (SSSR count). The van der Waals surface area contributed by atoms with Crippen LogP contribution in [-0.2, 0) is 19.4 Å². The monoisotopic (exact) mass is 216 g/mol. The third-order valence-electron chi connectivity index (χ3n) is 2.56. The van der Waals surface area contributed by atoms with Gasteiger partial charge in [0.15, 0.2) is 0 Å². The van der Waals surface area contributed by atoms with Crippen LogP contribution in [0.1, 0.15) is 11.1 Å². The number of nitrogens with zero attached hydrogens (tertiary/aromatic N) is 2. The van der Waals surface area contributed by atoms with Gasteiger partial charge >= 0.3 is 0 Å². The summed E-state index contributed by atoms with van der Waals surface area (Å²) in [5.41, 5.74) is 2.41. The largest absolute Gasteiger partial charge is 0.396 e. The molecule has 0 radical (unpaired) electrons. The molecule has 3 heteroatoms. The second-order valence-electron chi connectivity index (χ2n) is 3.82. The number of aryl methyl sites for hydroxylation is 2. The molecule has 0 aliphatic carbocycles. The number of hydrogen-bond acceptors (Lipinski definition) is 2. The summed E-state index contributed by atoms with van der Waals surface area (Å²) in [5.74, 6) is 0. The lowest BCUT2D eigenvalue weighted by molar-refractivity contribution is 0.299. The third-order valence-corrected chi connectivity index (χ3v) is 2.56. The summed E-state index contributed by atoms with van der Waals surface area (Å²) in [5, 5.41) is 13.1. The lowest BCUT2D eigenvalue weighted by Crippen LogP contribution is -2.01. The maximum Gasteiger partial charge on any atom is 0.0522 e. The first-order chi connectivity index (χ1) is 7.88. The maximum atomic E-state index is 8.80. The minimum atomic E-state index is 0.185. The fraction of sp³-hybridized carbons (Fsp3) is 0.308. The lowest BCUT2D eigenvalue weighted by atomic mass is 10.1. The molecule has 0 bridgehead atoms. The number of aromatic nitrogens is 2. The van der Waals surface area contributed by atoms with E-state index >= 15 is 0 Å². The van der Waals surface area contributed by atoms with Gasteiger partial charge in [0, 0.05) is 19.3 Å². The van der Waals surface area contributed by atoms with Gasteiger partial charge in [-0.2, -0.15) is 5.10 Å². The molecule has 0 unspecified atom stereocenters. The van der Waals surface area contributed by atoms with Crippen molar-refractivity contribution in [1.29, 1.82) is 0 Å². The second kappa shape index (κ2) is 5.47. The molecule has 0 atom stereocenters. The van der Waals surface area contributed by atoms with Crippen LogP contribution in [0.5, 0.6) is 0 Å². The third kappa shape index (κ3) is 2.94. The van der Waals surface area contributed by atoms with E-state index in [1.54, 1.807) is 0 Å². The van der Waals surface area contributed by atoms with Crippen LogP contribution < -0.4 is 0 Å². The molecule has 0 saturated carbocycles. The van der Waals surface area contributed by atoms with Gasteiger partial charge in [0.2, 0.25) is 0 Å². The van der Waals surface area contributed by atoms with E-state index in [9.17, 15) is 0 Å². The molecule has 84 valence electrons. The molecule has 0 fully saturated rings. The molecule has 0 spiro atoms. The molecule has 0 aliphatic rings. The number of hydrogen-bond donors (Lipinski definition) is 1. The molecular formula is C13H16N2O. The molecule has 0 saturated heterocycles. The van der Waals surface area contributed by atoms with Crippen molar-refractivity contribution in [2.75, 3.05) is 6.61 Å². The van der Waals surface area contributed by atoms with Crippen molar-refractivity contribution in [3.05, 3.63) is 53.9 Å². The number of aliphatic hydroxyl groups excluding tert-OH is 1. The number of benzene rings is 1. The van der Waals surface area contributed by atoms with Gasteiger partial charge in [0.05, 0.1) is 6.20 Å². The maximum absolute atomic E-state index is 8.80. The zero-order valence-corrected chi connectivity index (χ0v) is 9.21. The highest BCUT2D eigenvalue weighted by molar-refractivity contribution is 5.14. The number of aliphatic hydroxyl groups is 1. The van der Waals surface area contributed by atoms with Gasteiger partial charge in [-0.1, -0.05) is 30.3 Å². The molecule has 0 aliphatic heterocycles. The smallest absolute Gasteiger partial charge is 0.0522 e. The molecule has 1 aromatic heterocycles. The van der Waals surface area contributed by atoms with E-state index in [0.29, 0.717) is 6.42 Å². The predicted octanol–water partition coefficient (Wildman–Crippen LogP) is 1.66. The zero-order valence-electron chi connectivity index (χ0n) is 9.21. The SMILES string of the molecule is OCCc1cnn(CCc2ccccc2)c1. The van der Waals surface area contributed by atoms with E-state index in [1.165, 1.54) is 5.56 Å². The minimum Gasteiger partial charge on any atom is -0.396 e. The molecule has 1 N–H and O–H groups in total. The number of rotatable bonds is 5. The summed E-state index contributed by atoms with van der Waals surface area (Å²) in [6, 6.07) is 10.4. The van der Waals surface area contributed by atoms with Crippen LogP contribution in [0.3, 0.4) is 0 Å². The fourth-order valence-electron chi connectivity index (χ4n) is 1.68. The van der Waals surface area contributed by atoms with E-state index in [2.05, 4.69) is 29.4 Å². The van der Waals surface area contributed by atoms with Gasteiger partial charge in [-0.15, -0.1) is 0 Å². The average Bonchev–Trinajstić information content (AvgIpc) is 2.76. The van der Waals surface area contributed by atoms with Crippen LogP contribution in [0.4, 0.5) is 0 Å². The van der Waals surface area contributed by atoms with Crippen molar-refractivity contribution in [2.45, 2.75) is 19.4 Å². The first-order valence-corrected chi connectivity index (χ1v) is 5.54. The molecule has 16 heavy (non-hydrogen) atoms. The van der Waals surface area contributed by atoms with E-state index in [4.69, 9.17) is 5.11 Å². The molecule has 2 aromatic rings. The summed E-state index contributed by atoms with van der Waals surface area (Å²) < 4.78 is 1.93. The van der Waals surface area contributed by atoms with Crippen molar-refractivity contribution in [1.82, 2.24) is 9.78 Å². The summed E-state index contributed by atoms with van der Waals surface area (Å²) in [7, 11) is 0. The van der Waals surface area contributed by atoms with Crippen LogP contribution in [-0.4, -0.2) is 21.5 Å². The Kier molecular flexibility index (Phi) is 3.72. The Morgan fingerprint density at radius 2 is 1.88 bits per heavy atom. The summed E-state index contributed by atoms with van der Waals surface area (Å²) >= 11 is 0. The van der Waals surface area contributed by atoms with E-state index in [-0.39, 0.29) is 6.61 Å². The topological polar surface area (TPSA) is 38.1 Å². The van der Waals surface area contributed by atoms with Gasteiger partial charge in [0.1, 0.15) is 0 Å². The van der Waals surface area contributed by atoms with Gasteiger partial charge < -0.3 is 5.11 Å². The molecule has 1 aromatic carbocycles. The predicted molar refractivity (Wildman–Crippen MR) is 63.2 cm³/mol. The summed E-state index contributed by atoms with van der Waals surface area (Å²) in [6.07, 6.45) is 5.49. The first-order valence-electron chi connectivity index (χ1n) is 5.54. The van der Waals surface area contributed by atoms with E-state index < -0.39 is 0 Å². The normalized spacial score (nSPS) is 10.6. The quantitative estimate of drug-likeness (QED) is 0.825. The highest BCUT2D eigenvalue weighted by Crippen LogP contribution is 2.03. The highest BCUT2D eigenvalue weighted by Gasteiger charge is 1.98. The summed E-state index contributed by atoms with van der Waals surface area (Å²) in [4.78, 5) is 0. The van der Waals surface area contributed by atoms with Gasteiger partial charge in [0.25, 0.3) is 0 Å². The van der Waals surface area contributed by atoms with E-state index in [1.807, 2.05) is 23.1 Å². The summed E-state index contributed by atoms with van der Waals surface area (Å²) in [6.45, 7) is 1.07. The van der Waals surface area contributed by atoms with Gasteiger partial charge in [-0.25, -0.2) is 0 Å². The van der Waals surface area contributed by atoms with Crippen molar-refractivity contribution in [3.63, 3.8) is 0 Å². The Bertz CT molecular complexity index is 423. The molecular weight excluding hydrogens is 200 g/mol. The van der Waals surface area contributed by atoms with E-state index in [0.717, 1.165) is 18.5 Å². The van der Waals surface area contributed by atoms with Gasteiger partial charge in [-0.3, -0.25) is 4.68 Å². The van der Waals surface area contributed by atoms with Crippen LogP contribution in [0.2, 0.25) is 0 Å². The zero-order chi connectivity index (χ0) is 11.2. The minimum absolute atomic E-state index is 0.185. The van der Waals surface area contributed by atoms with Crippen LogP contribution in [0.25, 0.3) is 0 Å². The Hall–Kier alpha value is -1.61. The highest BCUT2D eigenvalue weighted by atomic mass is 16.2. The average molecular weight is 216 g/mol. The Morgan fingerprint density at radius 3 is 2.62 bits per heavy atom. The Morgan fingerprint density at radius 1 is 1.06 bits per heavy atom. The lowest BCUT2D eigenvalue weighted by Gasteiger charge is -2.01. The fourth-order valence-corrected chi connectivity index (χ4v) is 1.68. The first kappa shape index (κ1) is 10.9. The van der Waals surface area contributed by atoms with Crippen molar-refractivity contribution in [2.24, 2.45) is 0 Å². The van der Waals surface area contributed by atoms with Crippen LogP contribution in [0.15, 0.2) is 42.7 Å². The second-order valence-corrected chi connectivity index (χ2v) is 3.82. The van der Waals surface area contributed by atoms with Crippen molar-refractivity contribution in [3.8, 4) is 0 Å².